The summed E-state index contributed by atoms with van der Waals surface area (Å²) < 4.78 is 19.1. The van der Waals surface area contributed by atoms with Gasteiger partial charge < -0.3 is 4.74 Å². The number of hydrogen-bond acceptors (Lipinski definition) is 1. The van der Waals surface area contributed by atoms with E-state index in [0.717, 1.165) is 0 Å². The van der Waals surface area contributed by atoms with Gasteiger partial charge in [-0.15, -0.1) is 11.6 Å². The van der Waals surface area contributed by atoms with Crippen LogP contribution < -0.4 is 4.74 Å². The van der Waals surface area contributed by atoms with E-state index in [1.807, 2.05) is 0 Å². The van der Waals surface area contributed by atoms with Crippen LogP contribution in [-0.2, 0) is 0 Å². The molecule has 0 atom stereocenters. The Morgan fingerprint density at radius 1 is 1.26 bits per heavy atom. The Morgan fingerprint density at radius 3 is 2.79 bits per heavy atom. The normalized spacial score (nSPS) is 15.1. The van der Waals surface area contributed by atoms with Crippen molar-refractivity contribution in [3.8, 4) is 17.6 Å². The summed E-state index contributed by atoms with van der Waals surface area (Å²) in [4.78, 5) is 0. The lowest BCUT2D eigenvalue weighted by molar-refractivity contribution is 0.251. The molecule has 0 aliphatic heterocycles. The van der Waals surface area contributed by atoms with Gasteiger partial charge in [0.05, 0.1) is 6.61 Å². The fraction of sp³-hybridized carbons (Fsp3) is 0.500. The van der Waals surface area contributed by atoms with Crippen molar-refractivity contribution in [1.29, 1.82) is 0 Å². The fourth-order valence-corrected chi connectivity index (χ4v) is 2.42. The zero-order chi connectivity index (χ0) is 13.5. The Balaban J connectivity index is 1.97. The second kappa shape index (κ2) is 7.40. The molecule has 0 radical (unpaired) electrons. The summed E-state index contributed by atoms with van der Waals surface area (Å²) in [7, 11) is 0. The zero-order valence-electron chi connectivity index (χ0n) is 10.9. The lowest BCUT2D eigenvalue weighted by Crippen LogP contribution is -2.08. The topological polar surface area (TPSA) is 9.23 Å². The molecule has 0 N–H and O–H groups in total. The highest BCUT2D eigenvalue weighted by Crippen LogP contribution is 2.26. The summed E-state index contributed by atoms with van der Waals surface area (Å²) in [6, 6.07) is 4.63. The van der Waals surface area contributed by atoms with Crippen molar-refractivity contribution in [2.75, 3.05) is 12.5 Å². The van der Waals surface area contributed by atoms with E-state index in [1.165, 1.54) is 37.8 Å². The van der Waals surface area contributed by atoms with E-state index in [1.54, 1.807) is 6.07 Å². The zero-order valence-corrected chi connectivity index (χ0v) is 11.7. The van der Waals surface area contributed by atoms with Gasteiger partial charge in [-0.3, -0.25) is 0 Å². The van der Waals surface area contributed by atoms with E-state index in [4.69, 9.17) is 16.3 Å². The molecule has 0 saturated heterocycles. The van der Waals surface area contributed by atoms with Gasteiger partial charge in [0.2, 0.25) is 0 Å². The molecule has 3 heteroatoms. The van der Waals surface area contributed by atoms with E-state index in [2.05, 4.69) is 11.8 Å². The fourth-order valence-electron chi connectivity index (χ4n) is 2.32. The van der Waals surface area contributed by atoms with Crippen molar-refractivity contribution in [1.82, 2.24) is 0 Å². The molecule has 0 spiro atoms. The summed E-state index contributed by atoms with van der Waals surface area (Å²) in [6.07, 6.45) is 5.62. The molecule has 0 amide bonds. The summed E-state index contributed by atoms with van der Waals surface area (Å²) in [5, 5.41) is 0. The number of benzene rings is 1. The summed E-state index contributed by atoms with van der Waals surface area (Å²) in [6.45, 7) is 0.679. The molecular weight excluding hydrogens is 263 g/mol. The Bertz CT molecular complexity index is 469. The van der Waals surface area contributed by atoms with E-state index in [0.29, 0.717) is 36.1 Å². The molecule has 1 aliphatic carbocycles. The van der Waals surface area contributed by atoms with Crippen molar-refractivity contribution < 1.29 is 9.13 Å². The molecule has 102 valence electrons. The maximum atomic E-state index is 13.5. The van der Waals surface area contributed by atoms with E-state index in [-0.39, 0.29) is 5.82 Å². The maximum Gasteiger partial charge on any atom is 0.128 e. The second-order valence-corrected chi connectivity index (χ2v) is 5.26. The van der Waals surface area contributed by atoms with Crippen LogP contribution in [0.4, 0.5) is 4.39 Å². The number of alkyl halides is 1. The minimum absolute atomic E-state index is 0.306. The molecule has 19 heavy (non-hydrogen) atoms. The molecule has 1 saturated carbocycles. The number of rotatable bonds is 4. The highest BCUT2D eigenvalue weighted by atomic mass is 35.5. The molecule has 2 rings (SSSR count). The first-order valence-electron chi connectivity index (χ1n) is 6.76. The van der Waals surface area contributed by atoms with Gasteiger partial charge in [-0.1, -0.05) is 24.7 Å². The molecule has 1 aliphatic rings. The molecule has 0 heterocycles. The van der Waals surface area contributed by atoms with Crippen molar-refractivity contribution in [3.05, 3.63) is 29.6 Å². The summed E-state index contributed by atoms with van der Waals surface area (Å²) in [5.41, 5.74) is 0.645. The van der Waals surface area contributed by atoms with E-state index in [9.17, 15) is 4.39 Å². The monoisotopic (exact) mass is 280 g/mol. The van der Waals surface area contributed by atoms with Crippen molar-refractivity contribution in [2.45, 2.75) is 32.1 Å². The van der Waals surface area contributed by atoms with Crippen LogP contribution in [0, 0.1) is 23.6 Å². The van der Waals surface area contributed by atoms with Gasteiger partial charge in [0.15, 0.2) is 0 Å². The third-order valence-electron chi connectivity index (χ3n) is 3.28. The molecule has 1 aromatic carbocycles. The average Bonchev–Trinajstić information content (AvgIpc) is 2.89. The first kappa shape index (κ1) is 14.2. The van der Waals surface area contributed by atoms with Gasteiger partial charge >= 0.3 is 0 Å². The summed E-state index contributed by atoms with van der Waals surface area (Å²) >= 11 is 5.55. The van der Waals surface area contributed by atoms with Gasteiger partial charge in [0.25, 0.3) is 0 Å². The minimum atomic E-state index is -0.306. The minimum Gasteiger partial charge on any atom is -0.493 e. The number of halogens is 2. The molecule has 1 aromatic rings. The molecule has 1 fully saturated rings. The molecule has 0 bridgehead atoms. The van der Waals surface area contributed by atoms with Crippen LogP contribution >= 0.6 is 11.6 Å². The second-order valence-electron chi connectivity index (χ2n) is 4.88. The van der Waals surface area contributed by atoms with Crippen LogP contribution in [0.2, 0.25) is 0 Å². The SMILES string of the molecule is Fc1cc(C#CCCCl)cc(OCC2CCCC2)c1. The number of hydrogen-bond donors (Lipinski definition) is 0. The van der Waals surface area contributed by atoms with Crippen LogP contribution in [0.5, 0.6) is 5.75 Å². The van der Waals surface area contributed by atoms with Crippen molar-refractivity contribution in [2.24, 2.45) is 5.92 Å². The van der Waals surface area contributed by atoms with E-state index < -0.39 is 0 Å². The lowest BCUT2D eigenvalue weighted by atomic mass is 10.1. The largest absolute Gasteiger partial charge is 0.493 e. The lowest BCUT2D eigenvalue weighted by Gasteiger charge is -2.11. The van der Waals surface area contributed by atoms with Gasteiger partial charge in [-0.25, -0.2) is 4.39 Å². The maximum absolute atomic E-state index is 13.5. The molecule has 0 aromatic heterocycles. The Kier molecular flexibility index (Phi) is 5.54. The standard InChI is InChI=1S/C16H18ClFO/c17-8-4-3-7-14-9-15(18)11-16(10-14)19-12-13-5-1-2-6-13/h9-11,13H,1-2,4-6,8,12H2. The predicted octanol–water partition coefficient (Wildman–Crippen LogP) is 4.38. The van der Waals surface area contributed by atoms with Crippen LogP contribution in [0.3, 0.4) is 0 Å². The van der Waals surface area contributed by atoms with Crippen LogP contribution in [0.25, 0.3) is 0 Å². The molecule has 0 unspecified atom stereocenters. The average molecular weight is 281 g/mol. The Morgan fingerprint density at radius 2 is 2.05 bits per heavy atom. The predicted molar refractivity (Wildman–Crippen MR) is 76.1 cm³/mol. The van der Waals surface area contributed by atoms with Gasteiger partial charge in [-0.05, 0) is 30.9 Å². The Hall–Kier alpha value is -1.20. The van der Waals surface area contributed by atoms with Crippen molar-refractivity contribution >= 4 is 11.6 Å². The molecular formula is C16H18ClFO. The first-order chi connectivity index (χ1) is 9.28. The van der Waals surface area contributed by atoms with Crippen LogP contribution in [-0.4, -0.2) is 12.5 Å². The highest BCUT2D eigenvalue weighted by Gasteiger charge is 2.15. The highest BCUT2D eigenvalue weighted by molar-refractivity contribution is 6.18. The van der Waals surface area contributed by atoms with Gasteiger partial charge in [0, 0.05) is 23.9 Å². The third kappa shape index (κ3) is 4.76. The number of ether oxygens (including phenoxy) is 1. The quantitative estimate of drug-likeness (QED) is 0.588. The van der Waals surface area contributed by atoms with Gasteiger partial charge in [0.1, 0.15) is 11.6 Å². The van der Waals surface area contributed by atoms with E-state index >= 15 is 0 Å². The van der Waals surface area contributed by atoms with Crippen LogP contribution in [0.15, 0.2) is 18.2 Å². The smallest absolute Gasteiger partial charge is 0.128 e. The molecule has 1 nitrogen and oxygen atoms in total. The Labute approximate surface area is 119 Å². The van der Waals surface area contributed by atoms with Gasteiger partial charge in [-0.2, -0.15) is 0 Å². The van der Waals surface area contributed by atoms with Crippen LogP contribution in [0.1, 0.15) is 37.7 Å². The third-order valence-corrected chi connectivity index (χ3v) is 3.47. The summed E-state index contributed by atoms with van der Waals surface area (Å²) in [5.74, 6) is 7.18. The first-order valence-corrected chi connectivity index (χ1v) is 7.29. The van der Waals surface area contributed by atoms with Crippen molar-refractivity contribution in [3.63, 3.8) is 0 Å².